The number of methoxy groups -OCH3 is 1. The number of alkyl halides is 3. The number of ether oxygens (including phenoxy) is 2. The third kappa shape index (κ3) is 3.88. The first kappa shape index (κ1) is 15.2. The minimum Gasteiger partial charge on any atom is -0.493 e. The average molecular weight is 298 g/mol. The summed E-state index contributed by atoms with van der Waals surface area (Å²) in [6.07, 6.45) is -5.76. The smallest absolute Gasteiger partial charge is 0.493 e. The molecule has 0 saturated heterocycles. The van der Waals surface area contributed by atoms with E-state index in [0.29, 0.717) is 11.1 Å². The van der Waals surface area contributed by atoms with E-state index in [0.717, 1.165) is 6.07 Å². The average Bonchev–Trinajstić information content (AvgIpc) is 2.46. The number of aliphatic hydroxyl groups is 1. The highest BCUT2D eigenvalue weighted by Crippen LogP contribution is 2.35. The Hall–Kier alpha value is -2.21. The Kier molecular flexibility index (Phi) is 4.37. The Morgan fingerprint density at radius 3 is 2.19 bits per heavy atom. The maximum atomic E-state index is 12.3. The molecule has 3 nitrogen and oxygen atoms in total. The van der Waals surface area contributed by atoms with Gasteiger partial charge in [0.2, 0.25) is 0 Å². The van der Waals surface area contributed by atoms with Gasteiger partial charge in [-0.15, -0.1) is 13.2 Å². The maximum absolute atomic E-state index is 12.3. The fourth-order valence-electron chi connectivity index (χ4n) is 1.89. The van der Waals surface area contributed by atoms with Gasteiger partial charge in [-0.2, -0.15) is 0 Å². The molecular formula is C15H13F3O3. The van der Waals surface area contributed by atoms with Crippen molar-refractivity contribution in [2.24, 2.45) is 0 Å². The third-order valence-corrected chi connectivity index (χ3v) is 2.84. The van der Waals surface area contributed by atoms with Gasteiger partial charge in [0.1, 0.15) is 6.10 Å². The zero-order valence-electron chi connectivity index (χ0n) is 11.1. The number of aliphatic hydroxyl groups excluding tert-OH is 1. The van der Waals surface area contributed by atoms with Crippen LogP contribution in [-0.4, -0.2) is 18.6 Å². The molecule has 112 valence electrons. The summed E-state index contributed by atoms with van der Waals surface area (Å²) >= 11 is 0. The quantitative estimate of drug-likeness (QED) is 0.936. The van der Waals surface area contributed by atoms with Gasteiger partial charge in [-0.1, -0.05) is 36.4 Å². The largest absolute Gasteiger partial charge is 0.573 e. The second-order valence-corrected chi connectivity index (χ2v) is 4.27. The molecule has 0 aliphatic carbocycles. The van der Waals surface area contributed by atoms with Gasteiger partial charge >= 0.3 is 6.36 Å². The summed E-state index contributed by atoms with van der Waals surface area (Å²) in [6, 6.07) is 12.6. The van der Waals surface area contributed by atoms with Crippen molar-refractivity contribution in [3.05, 3.63) is 59.7 Å². The lowest BCUT2D eigenvalue weighted by atomic mass is 10.0. The predicted molar refractivity (Wildman–Crippen MR) is 70.2 cm³/mol. The molecule has 6 heteroatoms. The number of rotatable bonds is 4. The van der Waals surface area contributed by atoms with Crippen LogP contribution in [0.25, 0.3) is 0 Å². The van der Waals surface area contributed by atoms with Crippen LogP contribution in [0.5, 0.6) is 11.5 Å². The van der Waals surface area contributed by atoms with E-state index < -0.39 is 18.2 Å². The minimum absolute atomic E-state index is 0.0974. The fourth-order valence-corrected chi connectivity index (χ4v) is 1.89. The van der Waals surface area contributed by atoms with Crippen molar-refractivity contribution in [3.63, 3.8) is 0 Å². The lowest BCUT2D eigenvalue weighted by molar-refractivity contribution is -0.275. The molecule has 0 heterocycles. The van der Waals surface area contributed by atoms with Crippen LogP contribution in [0.1, 0.15) is 17.2 Å². The SMILES string of the molecule is COc1cc(C(O)c2ccccc2)ccc1OC(F)(F)F. The van der Waals surface area contributed by atoms with Crippen LogP contribution in [0.3, 0.4) is 0 Å². The van der Waals surface area contributed by atoms with Gasteiger partial charge in [-0.3, -0.25) is 0 Å². The number of hydrogen-bond donors (Lipinski definition) is 1. The molecule has 1 atom stereocenters. The van der Waals surface area contributed by atoms with Gasteiger partial charge in [0.15, 0.2) is 11.5 Å². The molecule has 21 heavy (non-hydrogen) atoms. The summed E-state index contributed by atoms with van der Waals surface area (Å²) < 4.78 is 45.5. The van der Waals surface area contributed by atoms with E-state index in [1.807, 2.05) is 0 Å². The van der Waals surface area contributed by atoms with E-state index in [9.17, 15) is 18.3 Å². The molecule has 0 aliphatic rings. The molecule has 0 amide bonds. The van der Waals surface area contributed by atoms with Gasteiger partial charge in [-0.25, -0.2) is 0 Å². The van der Waals surface area contributed by atoms with Gasteiger partial charge in [0.05, 0.1) is 7.11 Å². The number of halogens is 3. The molecule has 2 aromatic carbocycles. The Labute approximate surface area is 119 Å². The summed E-state index contributed by atoms with van der Waals surface area (Å²) in [4.78, 5) is 0. The zero-order chi connectivity index (χ0) is 15.5. The lowest BCUT2D eigenvalue weighted by Crippen LogP contribution is -2.17. The Bertz CT molecular complexity index is 597. The molecule has 0 aliphatic heterocycles. The molecule has 0 bridgehead atoms. The molecule has 0 saturated carbocycles. The molecular weight excluding hydrogens is 285 g/mol. The molecule has 2 rings (SSSR count). The highest BCUT2D eigenvalue weighted by molar-refractivity contribution is 5.45. The van der Waals surface area contributed by atoms with Crippen molar-refractivity contribution in [1.82, 2.24) is 0 Å². The second kappa shape index (κ2) is 6.05. The number of hydrogen-bond acceptors (Lipinski definition) is 3. The van der Waals surface area contributed by atoms with Crippen LogP contribution < -0.4 is 9.47 Å². The van der Waals surface area contributed by atoms with Crippen LogP contribution in [-0.2, 0) is 0 Å². The normalized spacial score (nSPS) is 12.8. The molecule has 1 N–H and O–H groups in total. The van der Waals surface area contributed by atoms with Crippen molar-refractivity contribution >= 4 is 0 Å². The van der Waals surface area contributed by atoms with Crippen molar-refractivity contribution in [1.29, 1.82) is 0 Å². The van der Waals surface area contributed by atoms with E-state index >= 15 is 0 Å². The molecule has 0 spiro atoms. The minimum atomic E-state index is -4.80. The first-order chi connectivity index (χ1) is 9.90. The highest BCUT2D eigenvalue weighted by Gasteiger charge is 2.32. The zero-order valence-corrected chi connectivity index (χ0v) is 11.1. The number of benzene rings is 2. The predicted octanol–water partition coefficient (Wildman–Crippen LogP) is 3.68. The maximum Gasteiger partial charge on any atom is 0.573 e. The Morgan fingerprint density at radius 1 is 0.952 bits per heavy atom. The first-order valence-electron chi connectivity index (χ1n) is 6.07. The summed E-state index contributed by atoms with van der Waals surface area (Å²) in [5.74, 6) is -0.547. The standard InChI is InChI=1S/C15H13F3O3/c1-20-13-9-11(7-8-12(13)21-15(16,17)18)14(19)10-5-3-2-4-6-10/h2-9,14,19H,1H3. The topological polar surface area (TPSA) is 38.7 Å². The Balaban J connectivity index is 2.31. The lowest BCUT2D eigenvalue weighted by Gasteiger charge is -2.16. The second-order valence-electron chi connectivity index (χ2n) is 4.27. The van der Waals surface area contributed by atoms with Gasteiger partial charge in [-0.05, 0) is 23.3 Å². The molecule has 0 aromatic heterocycles. The van der Waals surface area contributed by atoms with E-state index in [4.69, 9.17) is 4.74 Å². The van der Waals surface area contributed by atoms with Crippen LogP contribution in [0.4, 0.5) is 13.2 Å². The van der Waals surface area contributed by atoms with Crippen LogP contribution >= 0.6 is 0 Å². The summed E-state index contributed by atoms with van der Waals surface area (Å²) in [6.45, 7) is 0. The van der Waals surface area contributed by atoms with Crippen LogP contribution in [0.2, 0.25) is 0 Å². The van der Waals surface area contributed by atoms with Gasteiger partial charge < -0.3 is 14.6 Å². The highest BCUT2D eigenvalue weighted by atomic mass is 19.4. The van der Waals surface area contributed by atoms with E-state index in [2.05, 4.69) is 4.74 Å². The molecule has 0 radical (unpaired) electrons. The van der Waals surface area contributed by atoms with Gasteiger partial charge in [0, 0.05) is 0 Å². The first-order valence-corrected chi connectivity index (χ1v) is 6.07. The van der Waals surface area contributed by atoms with Gasteiger partial charge in [0.25, 0.3) is 0 Å². The Morgan fingerprint density at radius 2 is 1.62 bits per heavy atom. The van der Waals surface area contributed by atoms with E-state index in [-0.39, 0.29) is 5.75 Å². The van der Waals surface area contributed by atoms with Crippen molar-refractivity contribution in [3.8, 4) is 11.5 Å². The molecule has 0 fully saturated rings. The summed E-state index contributed by atoms with van der Waals surface area (Å²) in [7, 11) is 1.23. The third-order valence-electron chi connectivity index (χ3n) is 2.84. The van der Waals surface area contributed by atoms with Crippen molar-refractivity contribution < 1.29 is 27.8 Å². The van der Waals surface area contributed by atoms with E-state index in [1.54, 1.807) is 30.3 Å². The van der Waals surface area contributed by atoms with Crippen LogP contribution in [0.15, 0.2) is 48.5 Å². The van der Waals surface area contributed by atoms with Crippen molar-refractivity contribution in [2.45, 2.75) is 12.5 Å². The molecule has 1 unspecified atom stereocenters. The summed E-state index contributed by atoms with van der Waals surface area (Å²) in [5.41, 5.74) is 1.04. The fraction of sp³-hybridized carbons (Fsp3) is 0.200. The summed E-state index contributed by atoms with van der Waals surface area (Å²) in [5, 5.41) is 10.2. The van der Waals surface area contributed by atoms with Crippen molar-refractivity contribution in [2.75, 3.05) is 7.11 Å². The van der Waals surface area contributed by atoms with Crippen LogP contribution in [0, 0.1) is 0 Å². The molecule has 2 aromatic rings. The monoisotopic (exact) mass is 298 g/mol. The van der Waals surface area contributed by atoms with E-state index in [1.165, 1.54) is 19.2 Å².